The van der Waals surface area contributed by atoms with Crippen LogP contribution in [0.4, 0.5) is 0 Å². The minimum Gasteiger partial charge on any atom is -0.748 e. The first kappa shape index (κ1) is 22.2. The third kappa shape index (κ3) is 6.01. The quantitative estimate of drug-likeness (QED) is 0.146. The molecule has 0 aliphatic heterocycles. The Morgan fingerprint density at radius 1 is 1.20 bits per heavy atom. The van der Waals surface area contributed by atoms with Gasteiger partial charge in [-0.2, -0.15) is 4.33 Å². The molecule has 2 heterocycles. The smallest absolute Gasteiger partial charge is 0.226 e. The molecule has 12 heteroatoms. The summed E-state index contributed by atoms with van der Waals surface area (Å²) in [4.78, 5) is 4.79. The Morgan fingerprint density at radius 3 is 2.63 bits per heavy atom. The Labute approximate surface area is 176 Å². The van der Waals surface area contributed by atoms with E-state index in [2.05, 4.69) is 14.4 Å². The zero-order valence-corrected chi connectivity index (χ0v) is 17.4. The molecule has 30 heavy (non-hydrogen) atoms. The molecule has 0 unspecified atom stereocenters. The summed E-state index contributed by atoms with van der Waals surface area (Å²) >= 11 is 0.704. The van der Waals surface area contributed by atoms with E-state index in [-0.39, 0.29) is 6.42 Å². The highest BCUT2D eigenvalue weighted by molar-refractivity contribution is 7.94. The molecule has 3 aromatic rings. The second kappa shape index (κ2) is 10.0. The summed E-state index contributed by atoms with van der Waals surface area (Å²) in [6, 6.07) is 8.71. The average molecular weight is 453 g/mol. The molecule has 0 atom stereocenters. The molecule has 0 aliphatic carbocycles. The predicted octanol–water partition coefficient (Wildman–Crippen LogP) is 1.47. The van der Waals surface area contributed by atoms with Crippen molar-refractivity contribution in [2.24, 2.45) is 0 Å². The Balaban J connectivity index is 1.73. The number of hydrogen-bond donors (Lipinski definition) is 0. The normalized spacial score (nSPS) is 11.6. The van der Waals surface area contributed by atoms with E-state index in [1.807, 2.05) is 0 Å². The Hall–Kier alpha value is -2.48. The zero-order chi connectivity index (χ0) is 21.6. The summed E-state index contributed by atoms with van der Waals surface area (Å²) in [5.41, 5.74) is 1.41. The minimum absolute atomic E-state index is 0.237. The maximum absolute atomic E-state index is 10.7. The van der Waals surface area contributed by atoms with E-state index in [4.69, 9.17) is 9.15 Å². The number of benzene rings is 1. The van der Waals surface area contributed by atoms with Gasteiger partial charge in [-0.3, -0.25) is 5.04 Å². The van der Waals surface area contributed by atoms with Crippen LogP contribution in [0, 0.1) is 0 Å². The van der Waals surface area contributed by atoms with Crippen LogP contribution in [0.2, 0.25) is 0 Å². The molecule has 0 N–H and O–H groups in total. The first-order valence-corrected chi connectivity index (χ1v) is 10.9. The van der Waals surface area contributed by atoms with Crippen molar-refractivity contribution in [3.63, 3.8) is 0 Å². The highest BCUT2D eigenvalue weighted by atomic mass is 32.2. The van der Waals surface area contributed by atoms with Crippen LogP contribution in [-0.4, -0.2) is 30.8 Å². The predicted molar refractivity (Wildman–Crippen MR) is 101 cm³/mol. The SMILES string of the molecule is COc1ccc(-c2ncc(-c3cc[n+](CCCS(=O)(=O)[O-])cc3)o2)cc1SOO[O-]. The van der Waals surface area contributed by atoms with Crippen molar-refractivity contribution in [3.05, 3.63) is 48.9 Å². The second-order valence-corrected chi connectivity index (χ2v) is 8.32. The minimum atomic E-state index is -4.21. The fourth-order valence-corrected chi connectivity index (χ4v) is 3.65. The molecule has 10 nitrogen and oxygen atoms in total. The number of oxazole rings is 1. The molecule has 0 aliphatic rings. The van der Waals surface area contributed by atoms with Crippen molar-refractivity contribution in [2.75, 3.05) is 12.9 Å². The van der Waals surface area contributed by atoms with Crippen molar-refractivity contribution >= 4 is 22.2 Å². The molecule has 0 fully saturated rings. The highest BCUT2D eigenvalue weighted by Crippen LogP contribution is 2.34. The van der Waals surface area contributed by atoms with Crippen LogP contribution in [0.1, 0.15) is 6.42 Å². The van der Waals surface area contributed by atoms with Gasteiger partial charge in [0.15, 0.2) is 18.2 Å². The number of pyridine rings is 1. The van der Waals surface area contributed by atoms with E-state index in [1.165, 1.54) is 7.11 Å². The molecule has 0 radical (unpaired) electrons. The van der Waals surface area contributed by atoms with E-state index in [9.17, 15) is 18.2 Å². The Kier molecular flexibility index (Phi) is 7.42. The number of ether oxygens (including phenoxy) is 1. The van der Waals surface area contributed by atoms with Gasteiger partial charge in [-0.25, -0.2) is 18.0 Å². The number of aryl methyl sites for hydroxylation is 1. The molecule has 0 spiro atoms. The van der Waals surface area contributed by atoms with E-state index in [1.54, 1.807) is 53.5 Å². The fourth-order valence-electron chi connectivity index (χ4n) is 2.66. The fraction of sp³-hybridized carbons (Fsp3) is 0.222. The van der Waals surface area contributed by atoms with Crippen molar-refractivity contribution in [3.8, 4) is 28.5 Å². The van der Waals surface area contributed by atoms with E-state index < -0.39 is 15.9 Å². The van der Waals surface area contributed by atoms with Crippen molar-refractivity contribution in [2.45, 2.75) is 17.9 Å². The third-order valence-electron chi connectivity index (χ3n) is 4.05. The van der Waals surface area contributed by atoms with Crippen LogP contribution in [0.15, 0.2) is 58.2 Å². The molecule has 3 rings (SSSR count). The largest absolute Gasteiger partial charge is 0.748 e. The lowest BCUT2D eigenvalue weighted by Crippen LogP contribution is -2.33. The lowest BCUT2D eigenvalue weighted by Gasteiger charge is -2.09. The molecule has 0 amide bonds. The number of aromatic nitrogens is 2. The van der Waals surface area contributed by atoms with Gasteiger partial charge < -0.3 is 19.0 Å². The van der Waals surface area contributed by atoms with Crippen LogP contribution in [0.25, 0.3) is 22.8 Å². The van der Waals surface area contributed by atoms with Crippen molar-refractivity contribution in [1.82, 2.24) is 4.98 Å². The van der Waals surface area contributed by atoms with E-state index in [0.29, 0.717) is 46.4 Å². The number of methoxy groups -OCH3 is 1. The zero-order valence-electron chi connectivity index (χ0n) is 15.7. The maximum atomic E-state index is 10.7. The molecule has 160 valence electrons. The number of rotatable bonds is 10. The van der Waals surface area contributed by atoms with Gasteiger partial charge in [-0.1, -0.05) is 0 Å². The van der Waals surface area contributed by atoms with Gasteiger partial charge in [-0.15, -0.1) is 0 Å². The van der Waals surface area contributed by atoms with Crippen LogP contribution < -0.4 is 14.6 Å². The van der Waals surface area contributed by atoms with Crippen LogP contribution in [-0.2, 0) is 26.0 Å². The van der Waals surface area contributed by atoms with Crippen molar-refractivity contribution < 1.29 is 41.3 Å². The van der Waals surface area contributed by atoms with Crippen LogP contribution in [0.3, 0.4) is 0 Å². The molecule has 0 bridgehead atoms. The van der Waals surface area contributed by atoms with Gasteiger partial charge in [0.25, 0.3) is 0 Å². The lowest BCUT2D eigenvalue weighted by atomic mass is 10.2. The van der Waals surface area contributed by atoms with Crippen LogP contribution in [0.5, 0.6) is 5.75 Å². The van der Waals surface area contributed by atoms with Crippen LogP contribution >= 0.6 is 12.0 Å². The summed E-state index contributed by atoms with van der Waals surface area (Å²) in [5.74, 6) is 0.977. The van der Waals surface area contributed by atoms with Gasteiger partial charge >= 0.3 is 0 Å². The highest BCUT2D eigenvalue weighted by Gasteiger charge is 2.13. The topological polar surface area (TPSA) is 138 Å². The van der Waals surface area contributed by atoms with Gasteiger partial charge in [0.05, 0.1) is 40.4 Å². The number of hydrogen-bond acceptors (Lipinski definition) is 10. The summed E-state index contributed by atoms with van der Waals surface area (Å²) < 4.78 is 49.2. The molecule has 0 saturated heterocycles. The average Bonchev–Trinajstić information content (AvgIpc) is 3.22. The second-order valence-electron chi connectivity index (χ2n) is 6.05. The molecule has 0 saturated carbocycles. The Morgan fingerprint density at radius 2 is 1.97 bits per heavy atom. The first-order valence-electron chi connectivity index (χ1n) is 8.60. The van der Waals surface area contributed by atoms with Gasteiger partial charge in [0.2, 0.25) is 5.89 Å². The molecule has 2 aromatic heterocycles. The summed E-state index contributed by atoms with van der Waals surface area (Å²) in [7, 11) is -2.72. The molecular weight excluding hydrogens is 436 g/mol. The first-order chi connectivity index (χ1) is 14.4. The van der Waals surface area contributed by atoms with E-state index in [0.717, 1.165) is 5.56 Å². The summed E-state index contributed by atoms with van der Waals surface area (Å²) in [6.07, 6.45) is 5.34. The Bertz CT molecular complexity index is 1080. The van der Waals surface area contributed by atoms with E-state index >= 15 is 0 Å². The monoisotopic (exact) mass is 453 g/mol. The summed E-state index contributed by atoms with van der Waals surface area (Å²) in [6.45, 7) is 0.408. The molecular formula is C18H17N2O8S2-. The maximum Gasteiger partial charge on any atom is 0.226 e. The molecule has 1 aromatic carbocycles. The third-order valence-corrected chi connectivity index (χ3v) is 5.47. The number of nitrogens with zero attached hydrogens (tertiary/aromatic N) is 2. The standard InChI is InChI=1S/C18H18N2O8S2/c1-25-15-4-3-14(11-17(15)29-28-27-21)18-19-12-16(26-18)13-5-8-20(9-6-13)7-2-10-30(22,23)24/h3-6,8-9,11-12H,2,7,10H2,1H3,(H-,21,22,23,24)/p-1. The van der Waals surface area contributed by atoms with Gasteiger partial charge in [-0.05, 0) is 18.2 Å². The van der Waals surface area contributed by atoms with Crippen molar-refractivity contribution in [1.29, 1.82) is 0 Å². The van der Waals surface area contributed by atoms with Gasteiger partial charge in [0, 0.05) is 35.4 Å². The van der Waals surface area contributed by atoms with Gasteiger partial charge in [0.1, 0.15) is 12.3 Å². The summed E-state index contributed by atoms with van der Waals surface area (Å²) in [5, 5.41) is 13.5. The lowest BCUT2D eigenvalue weighted by molar-refractivity contribution is -0.777.